The Kier molecular flexibility index (Phi) is 6.45. The number of halogens is 1. The van der Waals surface area contributed by atoms with Gasteiger partial charge in [0.1, 0.15) is 5.75 Å². The van der Waals surface area contributed by atoms with Crippen molar-refractivity contribution >= 4 is 34.8 Å². The van der Waals surface area contributed by atoms with Crippen LogP contribution < -0.4 is 15.0 Å². The van der Waals surface area contributed by atoms with Crippen molar-refractivity contribution in [2.24, 2.45) is 5.92 Å². The van der Waals surface area contributed by atoms with Crippen molar-refractivity contribution in [3.05, 3.63) is 89.8 Å². The first-order chi connectivity index (χ1) is 17.0. The van der Waals surface area contributed by atoms with Gasteiger partial charge in [-0.15, -0.1) is 10.2 Å². The van der Waals surface area contributed by atoms with Crippen LogP contribution in [0.15, 0.2) is 83.3 Å². The van der Waals surface area contributed by atoms with E-state index in [0.29, 0.717) is 40.5 Å². The number of aromatic nitrogens is 2. The molecule has 3 aromatic carbocycles. The van der Waals surface area contributed by atoms with Crippen molar-refractivity contribution in [1.82, 2.24) is 10.2 Å². The normalized spacial score (nSPS) is 15.3. The quantitative estimate of drug-likeness (QED) is 0.395. The Labute approximate surface area is 206 Å². The summed E-state index contributed by atoms with van der Waals surface area (Å²) in [7, 11) is 0. The molecule has 2 amide bonds. The first kappa shape index (κ1) is 22.6. The van der Waals surface area contributed by atoms with Gasteiger partial charge in [0.05, 0.1) is 5.92 Å². The van der Waals surface area contributed by atoms with Gasteiger partial charge < -0.3 is 19.4 Å². The standard InChI is InChI=1S/C26H21ClN4O4/c27-19-7-4-8-21(14-19)31-15-18(13-24(31)32)25(33)28-20-9-11-22(12-10-20)34-16-23-29-30-26(35-23)17-5-2-1-3-6-17/h1-12,14,18H,13,15-16H2,(H,28,33)/t18-/m1/s1. The molecule has 2 heterocycles. The lowest BCUT2D eigenvalue weighted by atomic mass is 10.1. The van der Waals surface area contributed by atoms with E-state index in [1.807, 2.05) is 30.3 Å². The highest BCUT2D eigenvalue weighted by Gasteiger charge is 2.35. The van der Waals surface area contributed by atoms with Crippen molar-refractivity contribution in [2.75, 3.05) is 16.8 Å². The minimum absolute atomic E-state index is 0.104. The maximum absolute atomic E-state index is 12.7. The van der Waals surface area contributed by atoms with E-state index < -0.39 is 5.92 Å². The average molecular weight is 489 g/mol. The SMILES string of the molecule is O=C(Nc1ccc(OCc2nnc(-c3ccccc3)o2)cc1)[C@@H]1CC(=O)N(c2cccc(Cl)c2)C1. The highest BCUT2D eigenvalue weighted by atomic mass is 35.5. The number of ether oxygens (including phenoxy) is 1. The molecule has 0 radical (unpaired) electrons. The van der Waals surface area contributed by atoms with E-state index in [9.17, 15) is 9.59 Å². The van der Waals surface area contributed by atoms with Crippen LogP contribution in [0.2, 0.25) is 5.02 Å². The predicted octanol–water partition coefficient (Wildman–Crippen LogP) is 4.96. The summed E-state index contributed by atoms with van der Waals surface area (Å²) < 4.78 is 11.4. The van der Waals surface area contributed by atoms with Crippen LogP contribution in [-0.4, -0.2) is 28.6 Å². The predicted molar refractivity (Wildman–Crippen MR) is 131 cm³/mol. The number of rotatable bonds is 7. The van der Waals surface area contributed by atoms with E-state index in [0.717, 1.165) is 5.56 Å². The van der Waals surface area contributed by atoms with Crippen LogP contribution in [0.1, 0.15) is 12.3 Å². The molecule has 35 heavy (non-hydrogen) atoms. The van der Waals surface area contributed by atoms with Crippen molar-refractivity contribution in [3.63, 3.8) is 0 Å². The van der Waals surface area contributed by atoms with E-state index in [-0.39, 0.29) is 24.8 Å². The zero-order chi connectivity index (χ0) is 24.2. The van der Waals surface area contributed by atoms with Gasteiger partial charge in [0.15, 0.2) is 6.61 Å². The van der Waals surface area contributed by atoms with Crippen LogP contribution in [0.5, 0.6) is 5.75 Å². The smallest absolute Gasteiger partial charge is 0.254 e. The molecule has 1 aliphatic rings. The molecule has 9 heteroatoms. The van der Waals surface area contributed by atoms with Crippen LogP contribution in [0.25, 0.3) is 11.5 Å². The van der Waals surface area contributed by atoms with E-state index in [1.165, 1.54) is 0 Å². The number of amides is 2. The molecule has 0 spiro atoms. The highest BCUT2D eigenvalue weighted by molar-refractivity contribution is 6.31. The molecule has 0 bridgehead atoms. The molecule has 0 aliphatic carbocycles. The van der Waals surface area contributed by atoms with Crippen molar-refractivity contribution in [2.45, 2.75) is 13.0 Å². The number of nitrogens with zero attached hydrogens (tertiary/aromatic N) is 3. The zero-order valence-corrected chi connectivity index (χ0v) is 19.3. The molecule has 1 atom stereocenters. The number of hydrogen-bond donors (Lipinski definition) is 1. The molecule has 1 aliphatic heterocycles. The number of nitrogens with one attached hydrogen (secondary N) is 1. The van der Waals surface area contributed by atoms with Gasteiger partial charge in [-0.25, -0.2) is 0 Å². The number of hydrogen-bond acceptors (Lipinski definition) is 6. The van der Waals surface area contributed by atoms with Gasteiger partial charge in [0, 0.05) is 34.9 Å². The molecule has 0 unspecified atom stereocenters. The van der Waals surface area contributed by atoms with Gasteiger partial charge in [-0.2, -0.15) is 0 Å². The van der Waals surface area contributed by atoms with E-state index >= 15 is 0 Å². The third-order valence-corrected chi connectivity index (χ3v) is 5.82. The summed E-state index contributed by atoms with van der Waals surface area (Å²) in [6, 6.07) is 23.5. The Morgan fingerprint density at radius 1 is 1.06 bits per heavy atom. The van der Waals surface area contributed by atoms with Gasteiger partial charge in [-0.05, 0) is 54.6 Å². The largest absolute Gasteiger partial charge is 0.484 e. The number of carbonyl (C=O) groups excluding carboxylic acids is 2. The van der Waals surface area contributed by atoms with Gasteiger partial charge in [-0.1, -0.05) is 35.9 Å². The molecule has 1 N–H and O–H groups in total. The molecule has 1 saturated heterocycles. The maximum Gasteiger partial charge on any atom is 0.254 e. The van der Waals surface area contributed by atoms with Crippen LogP contribution in [0.3, 0.4) is 0 Å². The summed E-state index contributed by atoms with van der Waals surface area (Å²) in [5.74, 6) is 0.612. The highest BCUT2D eigenvalue weighted by Crippen LogP contribution is 2.28. The first-order valence-electron chi connectivity index (χ1n) is 11.0. The Hall–Kier alpha value is -4.17. The minimum atomic E-state index is -0.450. The van der Waals surface area contributed by atoms with E-state index in [4.69, 9.17) is 20.8 Å². The van der Waals surface area contributed by atoms with Crippen molar-refractivity contribution in [3.8, 4) is 17.2 Å². The van der Waals surface area contributed by atoms with Gasteiger partial charge in [0.2, 0.25) is 17.7 Å². The Morgan fingerprint density at radius 3 is 2.63 bits per heavy atom. The Bertz CT molecular complexity index is 1340. The van der Waals surface area contributed by atoms with Crippen molar-refractivity contribution < 1.29 is 18.7 Å². The summed E-state index contributed by atoms with van der Waals surface area (Å²) in [5, 5.41) is 11.5. The number of carbonyl (C=O) groups is 2. The summed E-state index contributed by atoms with van der Waals surface area (Å²) in [5.41, 5.74) is 2.14. The molecule has 1 fully saturated rings. The lowest BCUT2D eigenvalue weighted by Gasteiger charge is -2.17. The van der Waals surface area contributed by atoms with Crippen LogP contribution in [-0.2, 0) is 16.2 Å². The molecule has 8 nitrogen and oxygen atoms in total. The average Bonchev–Trinajstić information content (AvgIpc) is 3.51. The van der Waals surface area contributed by atoms with Gasteiger partial charge in [-0.3, -0.25) is 9.59 Å². The molecule has 4 aromatic rings. The van der Waals surface area contributed by atoms with Crippen LogP contribution in [0.4, 0.5) is 11.4 Å². The number of anilines is 2. The fourth-order valence-corrected chi connectivity index (χ4v) is 3.99. The second-order valence-corrected chi connectivity index (χ2v) is 8.49. The van der Waals surface area contributed by atoms with Crippen LogP contribution >= 0.6 is 11.6 Å². The van der Waals surface area contributed by atoms with Gasteiger partial charge in [0.25, 0.3) is 5.89 Å². The number of benzene rings is 3. The molecule has 176 valence electrons. The van der Waals surface area contributed by atoms with E-state index in [1.54, 1.807) is 53.4 Å². The summed E-state index contributed by atoms with van der Waals surface area (Å²) in [6.07, 6.45) is 0.148. The molecule has 1 aromatic heterocycles. The monoisotopic (exact) mass is 488 g/mol. The molecular weight excluding hydrogens is 468 g/mol. The molecular formula is C26H21ClN4O4. The second-order valence-electron chi connectivity index (χ2n) is 8.05. The topological polar surface area (TPSA) is 97.6 Å². The first-order valence-corrected chi connectivity index (χ1v) is 11.4. The third kappa shape index (κ3) is 5.33. The van der Waals surface area contributed by atoms with E-state index in [2.05, 4.69) is 15.5 Å². The summed E-state index contributed by atoms with van der Waals surface area (Å²) in [4.78, 5) is 26.8. The summed E-state index contributed by atoms with van der Waals surface area (Å²) >= 11 is 6.03. The minimum Gasteiger partial charge on any atom is -0.484 e. The lowest BCUT2D eigenvalue weighted by molar-refractivity contribution is -0.122. The fraction of sp³-hybridized carbons (Fsp3) is 0.154. The van der Waals surface area contributed by atoms with Crippen LogP contribution in [0, 0.1) is 5.92 Å². The molecule has 5 rings (SSSR count). The maximum atomic E-state index is 12.7. The Morgan fingerprint density at radius 2 is 1.86 bits per heavy atom. The zero-order valence-electron chi connectivity index (χ0n) is 18.6. The molecule has 0 saturated carbocycles. The van der Waals surface area contributed by atoms with Crippen molar-refractivity contribution in [1.29, 1.82) is 0 Å². The second kappa shape index (κ2) is 9.99. The summed E-state index contributed by atoms with van der Waals surface area (Å²) in [6.45, 7) is 0.427. The van der Waals surface area contributed by atoms with Gasteiger partial charge >= 0.3 is 0 Å². The fourth-order valence-electron chi connectivity index (χ4n) is 3.81. The third-order valence-electron chi connectivity index (χ3n) is 5.59. The lowest BCUT2D eigenvalue weighted by Crippen LogP contribution is -2.28. The Balaban J connectivity index is 1.14.